The van der Waals surface area contributed by atoms with Crippen molar-refractivity contribution in [2.24, 2.45) is 11.8 Å². The molecule has 3 atom stereocenters. The summed E-state index contributed by atoms with van der Waals surface area (Å²) in [5.74, 6) is -2.26. The van der Waals surface area contributed by atoms with Gasteiger partial charge in [0.15, 0.2) is 0 Å². The number of hydroxylamine groups is 1. The molecule has 0 fully saturated rings. The maximum atomic E-state index is 13.6. The van der Waals surface area contributed by atoms with Gasteiger partial charge in [0.2, 0.25) is 17.7 Å². The lowest BCUT2D eigenvalue weighted by atomic mass is 9.86. The molecule has 37 heavy (non-hydrogen) atoms. The molecule has 0 aliphatic heterocycles. The molecule has 0 saturated carbocycles. The van der Waals surface area contributed by atoms with Crippen LogP contribution < -0.4 is 16.1 Å². The van der Waals surface area contributed by atoms with Crippen LogP contribution >= 0.6 is 23.1 Å². The fraction of sp³-hybridized carbons (Fsp3) is 0.536. The highest BCUT2D eigenvalue weighted by Crippen LogP contribution is 2.30. The van der Waals surface area contributed by atoms with Crippen molar-refractivity contribution in [2.45, 2.75) is 75.0 Å². The van der Waals surface area contributed by atoms with Gasteiger partial charge in [0.05, 0.1) is 16.0 Å². The quantitative estimate of drug-likeness (QED) is 0.0889. The molecule has 9 heteroatoms. The summed E-state index contributed by atoms with van der Waals surface area (Å²) >= 11 is 3.07. The zero-order valence-corrected chi connectivity index (χ0v) is 23.5. The number of rotatable bonds is 18. The van der Waals surface area contributed by atoms with E-state index in [1.165, 1.54) is 31.0 Å². The molecule has 0 aliphatic rings. The van der Waals surface area contributed by atoms with Gasteiger partial charge in [-0.25, -0.2) is 5.48 Å². The Labute approximate surface area is 229 Å². The van der Waals surface area contributed by atoms with E-state index in [9.17, 15) is 19.6 Å². The number of likely N-dealkylation sites (N-methyl/N-ethyl adjacent to an activating group) is 1. The smallest absolute Gasteiger partial charge is 0.248 e. The predicted molar refractivity (Wildman–Crippen MR) is 151 cm³/mol. The van der Waals surface area contributed by atoms with Crippen molar-refractivity contribution >= 4 is 40.8 Å². The number of amides is 3. The maximum Gasteiger partial charge on any atom is 0.248 e. The zero-order chi connectivity index (χ0) is 26.9. The van der Waals surface area contributed by atoms with Gasteiger partial charge in [-0.3, -0.25) is 19.6 Å². The van der Waals surface area contributed by atoms with Gasteiger partial charge in [-0.1, -0.05) is 88.3 Å². The number of hydrogen-bond acceptors (Lipinski definition) is 6. The van der Waals surface area contributed by atoms with E-state index in [1.54, 1.807) is 23.9 Å². The summed E-state index contributed by atoms with van der Waals surface area (Å²) in [6.45, 7) is 2.19. The Morgan fingerprint density at radius 1 is 0.892 bits per heavy atom. The van der Waals surface area contributed by atoms with E-state index in [1.807, 2.05) is 47.8 Å². The largest absolute Gasteiger partial charge is 0.357 e. The normalized spacial score (nSPS) is 13.4. The van der Waals surface area contributed by atoms with Gasteiger partial charge in [-0.05, 0) is 23.4 Å². The third-order valence-corrected chi connectivity index (χ3v) is 8.70. The average Bonchev–Trinajstić information content (AvgIpc) is 3.44. The minimum Gasteiger partial charge on any atom is -0.357 e. The Bertz CT molecular complexity index is 925. The molecule has 0 saturated heterocycles. The van der Waals surface area contributed by atoms with Gasteiger partial charge in [-0.2, -0.15) is 0 Å². The molecule has 0 radical (unpaired) electrons. The first-order chi connectivity index (χ1) is 18.0. The summed E-state index contributed by atoms with van der Waals surface area (Å²) in [6.07, 6.45) is 8.50. The Kier molecular flexibility index (Phi) is 15.0. The molecule has 4 N–H and O–H groups in total. The molecule has 0 spiro atoms. The summed E-state index contributed by atoms with van der Waals surface area (Å²) in [5.41, 5.74) is 2.70. The molecule has 0 unspecified atom stereocenters. The van der Waals surface area contributed by atoms with Crippen molar-refractivity contribution in [3.05, 3.63) is 53.4 Å². The lowest BCUT2D eigenvalue weighted by Crippen LogP contribution is -2.51. The molecule has 1 aromatic carbocycles. The summed E-state index contributed by atoms with van der Waals surface area (Å²) in [6, 6.07) is 12.7. The highest BCUT2D eigenvalue weighted by molar-refractivity contribution is 8.01. The zero-order valence-electron chi connectivity index (χ0n) is 21.9. The fourth-order valence-corrected chi connectivity index (χ4v) is 6.32. The molecule has 0 aliphatic carbocycles. The first-order valence-electron chi connectivity index (χ1n) is 13.2. The van der Waals surface area contributed by atoms with Crippen LogP contribution in [0.4, 0.5) is 0 Å². The van der Waals surface area contributed by atoms with Gasteiger partial charge in [-0.15, -0.1) is 23.1 Å². The Morgan fingerprint density at radius 3 is 2.22 bits per heavy atom. The van der Waals surface area contributed by atoms with Gasteiger partial charge in [0, 0.05) is 19.2 Å². The number of benzene rings is 1. The van der Waals surface area contributed by atoms with Crippen LogP contribution in [-0.4, -0.2) is 41.8 Å². The molecule has 2 rings (SSSR count). The summed E-state index contributed by atoms with van der Waals surface area (Å²) < 4.78 is 1.04. The van der Waals surface area contributed by atoms with E-state index in [-0.39, 0.29) is 11.8 Å². The number of carbonyl (C=O) groups is 3. The van der Waals surface area contributed by atoms with Crippen molar-refractivity contribution in [1.82, 2.24) is 16.1 Å². The minimum absolute atomic E-state index is 0.289. The van der Waals surface area contributed by atoms with Crippen LogP contribution in [0.25, 0.3) is 0 Å². The van der Waals surface area contributed by atoms with Crippen LogP contribution in [0, 0.1) is 11.8 Å². The lowest BCUT2D eigenvalue weighted by Gasteiger charge is -2.27. The SMILES string of the molecule is CCCCCCCCC[C@@H](C(=O)N[C@@H](Cc1ccccc1)C(=O)NC)[C@H](CSc1cccs1)C(=O)NO. The molecular weight excluding hydrogens is 506 g/mol. The van der Waals surface area contributed by atoms with E-state index >= 15 is 0 Å². The van der Waals surface area contributed by atoms with E-state index in [2.05, 4.69) is 17.6 Å². The van der Waals surface area contributed by atoms with Crippen molar-refractivity contribution < 1.29 is 19.6 Å². The summed E-state index contributed by atoms with van der Waals surface area (Å²) in [4.78, 5) is 39.0. The van der Waals surface area contributed by atoms with Crippen LogP contribution in [-0.2, 0) is 20.8 Å². The van der Waals surface area contributed by atoms with Crippen LogP contribution in [0.2, 0.25) is 0 Å². The van der Waals surface area contributed by atoms with E-state index in [4.69, 9.17) is 0 Å². The number of thiophene rings is 1. The van der Waals surface area contributed by atoms with Gasteiger partial charge in [0.1, 0.15) is 6.04 Å². The third-order valence-electron chi connectivity index (χ3n) is 6.45. The molecule has 0 bridgehead atoms. The average molecular weight is 548 g/mol. The van der Waals surface area contributed by atoms with E-state index in [0.717, 1.165) is 35.5 Å². The predicted octanol–water partition coefficient (Wildman–Crippen LogP) is 5.19. The molecule has 1 aromatic heterocycles. The summed E-state index contributed by atoms with van der Waals surface area (Å²) in [7, 11) is 1.54. The lowest BCUT2D eigenvalue weighted by molar-refractivity contribution is -0.140. The second-order valence-electron chi connectivity index (χ2n) is 9.21. The van der Waals surface area contributed by atoms with Gasteiger partial charge in [0.25, 0.3) is 0 Å². The fourth-order valence-electron chi connectivity index (χ4n) is 4.32. The van der Waals surface area contributed by atoms with Crippen molar-refractivity contribution in [3.8, 4) is 0 Å². The Hall–Kier alpha value is -2.36. The molecule has 3 amide bonds. The number of thioether (sulfide) groups is 1. The van der Waals surface area contributed by atoms with Gasteiger partial charge >= 0.3 is 0 Å². The van der Waals surface area contributed by atoms with Crippen LogP contribution in [0.5, 0.6) is 0 Å². The van der Waals surface area contributed by atoms with Gasteiger partial charge < -0.3 is 10.6 Å². The molecule has 2 aromatic rings. The van der Waals surface area contributed by atoms with E-state index < -0.39 is 23.8 Å². The standard InChI is InChI=1S/C28H41N3O4S2/c1-3-4-5-6-7-8-12-16-22(23(27(33)31-35)20-37-25-17-13-18-36-25)26(32)30-24(28(34)29-2)19-21-14-10-9-11-15-21/h9-11,13-15,17-18,22-24,35H,3-8,12,16,19-20H2,1-2H3,(H,29,34)(H,30,32)(H,31,33)/t22-,23+,24+/m1/s1. The van der Waals surface area contributed by atoms with Crippen LogP contribution in [0.3, 0.4) is 0 Å². The number of unbranched alkanes of at least 4 members (excludes halogenated alkanes) is 6. The maximum absolute atomic E-state index is 13.6. The third kappa shape index (κ3) is 11.3. The number of hydrogen-bond donors (Lipinski definition) is 4. The molecule has 204 valence electrons. The van der Waals surface area contributed by atoms with Crippen molar-refractivity contribution in [1.29, 1.82) is 0 Å². The number of nitrogens with one attached hydrogen (secondary N) is 3. The summed E-state index contributed by atoms with van der Waals surface area (Å²) in [5, 5.41) is 17.0. The Morgan fingerprint density at radius 2 is 1.59 bits per heavy atom. The molecule has 1 heterocycles. The first kappa shape index (κ1) is 30.9. The minimum atomic E-state index is -0.765. The number of carbonyl (C=O) groups excluding carboxylic acids is 3. The van der Waals surface area contributed by atoms with Crippen LogP contribution in [0.1, 0.15) is 63.9 Å². The van der Waals surface area contributed by atoms with Crippen molar-refractivity contribution in [3.63, 3.8) is 0 Å². The topological polar surface area (TPSA) is 108 Å². The molecule has 7 nitrogen and oxygen atoms in total. The first-order valence-corrected chi connectivity index (χ1v) is 15.0. The second kappa shape index (κ2) is 18.0. The molecular formula is C28H41N3O4S2. The monoisotopic (exact) mass is 547 g/mol. The highest BCUT2D eigenvalue weighted by Gasteiger charge is 2.35. The van der Waals surface area contributed by atoms with E-state index in [0.29, 0.717) is 18.6 Å². The van der Waals surface area contributed by atoms with Crippen molar-refractivity contribution in [2.75, 3.05) is 12.8 Å². The second-order valence-corrected chi connectivity index (χ2v) is 11.5. The highest BCUT2D eigenvalue weighted by atomic mass is 32.2. The Balaban J connectivity index is 2.16. The van der Waals surface area contributed by atoms with Crippen LogP contribution in [0.15, 0.2) is 52.1 Å².